The maximum atomic E-state index is 10.9. The Morgan fingerprint density at radius 3 is 2.40 bits per heavy atom. The minimum Gasteiger partial charge on any atom is -0.463 e. The summed E-state index contributed by atoms with van der Waals surface area (Å²) in [6, 6.07) is 0. The van der Waals surface area contributed by atoms with E-state index >= 15 is 0 Å². The van der Waals surface area contributed by atoms with Crippen molar-refractivity contribution in [2.45, 2.75) is 26.7 Å². The molecule has 0 saturated carbocycles. The molecule has 0 bridgehead atoms. The summed E-state index contributed by atoms with van der Waals surface area (Å²) in [7, 11) is 0. The molecule has 0 heterocycles. The van der Waals surface area contributed by atoms with Crippen molar-refractivity contribution >= 4 is 11.8 Å². The summed E-state index contributed by atoms with van der Waals surface area (Å²) in [6.45, 7) is 3.10. The van der Waals surface area contributed by atoms with Crippen molar-refractivity contribution in [3.05, 3.63) is 21.9 Å². The number of ether oxygens (including phenoxy) is 1. The highest BCUT2D eigenvalue weighted by Crippen LogP contribution is 2.06. The molecule has 0 spiro atoms. The van der Waals surface area contributed by atoms with Gasteiger partial charge in [0.1, 0.15) is 5.78 Å². The van der Waals surface area contributed by atoms with Gasteiger partial charge >= 0.3 is 5.97 Å². The van der Waals surface area contributed by atoms with Crippen LogP contribution in [0.25, 0.3) is 0 Å². The zero-order valence-electron chi connectivity index (χ0n) is 8.69. The molecule has 0 aliphatic carbocycles. The fraction of sp³-hybridized carbons (Fsp3) is 0.556. The summed E-state index contributed by atoms with van der Waals surface area (Å²) in [4.78, 5) is 31.3. The molecule has 0 saturated heterocycles. The molecule has 15 heavy (non-hydrogen) atoms. The summed E-state index contributed by atoms with van der Waals surface area (Å²) in [6.07, 6.45) is 0.805. The SMILES string of the molecule is CCOC(=O)/C=C(/CCC(C)=O)[N+](=O)[O-]. The lowest BCUT2D eigenvalue weighted by Gasteiger charge is -1.98. The van der Waals surface area contributed by atoms with Crippen molar-refractivity contribution in [3.8, 4) is 0 Å². The third-order valence-corrected chi connectivity index (χ3v) is 1.54. The van der Waals surface area contributed by atoms with Gasteiger partial charge in [0, 0.05) is 12.8 Å². The number of esters is 1. The van der Waals surface area contributed by atoms with E-state index < -0.39 is 10.9 Å². The molecule has 6 nitrogen and oxygen atoms in total. The molecule has 6 heteroatoms. The van der Waals surface area contributed by atoms with E-state index in [9.17, 15) is 19.7 Å². The van der Waals surface area contributed by atoms with Crippen LogP contribution in [0.1, 0.15) is 26.7 Å². The largest absolute Gasteiger partial charge is 0.463 e. The van der Waals surface area contributed by atoms with Crippen LogP contribution in [0.5, 0.6) is 0 Å². The molecule has 0 fully saturated rings. The van der Waals surface area contributed by atoms with Gasteiger partial charge in [0.2, 0.25) is 0 Å². The quantitative estimate of drug-likeness (QED) is 0.286. The van der Waals surface area contributed by atoms with Gasteiger partial charge in [-0.15, -0.1) is 0 Å². The monoisotopic (exact) mass is 215 g/mol. The van der Waals surface area contributed by atoms with Gasteiger partial charge in [0.05, 0.1) is 17.6 Å². The number of rotatable bonds is 6. The number of carbonyl (C=O) groups excluding carboxylic acids is 2. The second kappa shape index (κ2) is 6.69. The zero-order chi connectivity index (χ0) is 11.8. The Kier molecular flexibility index (Phi) is 5.92. The molecule has 0 aliphatic heterocycles. The highest BCUT2D eigenvalue weighted by atomic mass is 16.6. The molecule has 84 valence electrons. The maximum absolute atomic E-state index is 10.9. The molecular weight excluding hydrogens is 202 g/mol. The van der Waals surface area contributed by atoms with Crippen molar-refractivity contribution in [1.29, 1.82) is 0 Å². The Morgan fingerprint density at radius 1 is 1.40 bits per heavy atom. The van der Waals surface area contributed by atoms with Crippen molar-refractivity contribution < 1.29 is 19.2 Å². The predicted molar refractivity (Wildman–Crippen MR) is 51.6 cm³/mol. The molecule has 0 N–H and O–H groups in total. The third kappa shape index (κ3) is 6.36. The van der Waals surface area contributed by atoms with E-state index in [4.69, 9.17) is 0 Å². The highest BCUT2D eigenvalue weighted by molar-refractivity contribution is 5.82. The molecule has 0 aromatic rings. The van der Waals surface area contributed by atoms with Gasteiger partial charge in [-0.3, -0.25) is 10.1 Å². The Balaban J connectivity index is 4.44. The number of carbonyl (C=O) groups is 2. The number of hydrogen-bond acceptors (Lipinski definition) is 5. The number of allylic oxidation sites excluding steroid dienone is 1. The Bertz CT molecular complexity index is 295. The number of nitrogens with zero attached hydrogens (tertiary/aromatic N) is 1. The highest BCUT2D eigenvalue weighted by Gasteiger charge is 2.14. The van der Waals surface area contributed by atoms with E-state index in [1.165, 1.54) is 6.92 Å². The summed E-state index contributed by atoms with van der Waals surface area (Å²) in [5.41, 5.74) is -0.302. The Hall–Kier alpha value is -1.72. The normalized spacial score (nSPS) is 10.9. The second-order valence-corrected chi connectivity index (χ2v) is 2.85. The number of hydrogen-bond donors (Lipinski definition) is 0. The van der Waals surface area contributed by atoms with E-state index in [1.807, 2.05) is 0 Å². The zero-order valence-corrected chi connectivity index (χ0v) is 8.69. The van der Waals surface area contributed by atoms with Crippen LogP contribution in [-0.2, 0) is 14.3 Å². The number of ketones is 1. The topological polar surface area (TPSA) is 86.5 Å². The minimum absolute atomic E-state index is 0.0478. The first-order chi connectivity index (χ1) is 6.97. The molecule has 0 atom stereocenters. The summed E-state index contributed by atoms with van der Waals surface area (Å²) >= 11 is 0. The predicted octanol–water partition coefficient (Wildman–Crippen LogP) is 1.08. The van der Waals surface area contributed by atoms with Crippen LogP contribution in [0.3, 0.4) is 0 Å². The first-order valence-electron chi connectivity index (χ1n) is 4.48. The molecule has 0 aromatic carbocycles. The van der Waals surface area contributed by atoms with Gasteiger partial charge in [-0.05, 0) is 13.8 Å². The average molecular weight is 215 g/mol. The van der Waals surface area contributed by atoms with Crippen molar-refractivity contribution in [3.63, 3.8) is 0 Å². The van der Waals surface area contributed by atoms with Gasteiger partial charge in [0.25, 0.3) is 5.70 Å². The molecule has 0 aromatic heterocycles. The van der Waals surface area contributed by atoms with Gasteiger partial charge in [0.15, 0.2) is 0 Å². The number of nitro groups is 1. The van der Waals surface area contributed by atoms with Gasteiger partial charge in [-0.1, -0.05) is 0 Å². The van der Waals surface area contributed by atoms with Crippen LogP contribution in [0.4, 0.5) is 0 Å². The van der Waals surface area contributed by atoms with Gasteiger partial charge < -0.3 is 9.53 Å². The first kappa shape index (κ1) is 13.3. The lowest BCUT2D eigenvalue weighted by molar-refractivity contribution is -0.427. The molecule has 0 radical (unpaired) electrons. The molecule has 0 rings (SSSR count). The van der Waals surface area contributed by atoms with E-state index in [0.717, 1.165) is 6.08 Å². The van der Waals surface area contributed by atoms with Gasteiger partial charge in [-0.2, -0.15) is 0 Å². The summed E-state index contributed by atoms with van der Waals surface area (Å²) in [5, 5.41) is 10.5. The average Bonchev–Trinajstić information content (AvgIpc) is 2.11. The fourth-order valence-corrected chi connectivity index (χ4v) is 0.840. The van der Waals surface area contributed by atoms with Gasteiger partial charge in [-0.25, -0.2) is 4.79 Å². The van der Waals surface area contributed by atoms with Crippen molar-refractivity contribution in [1.82, 2.24) is 0 Å². The fourth-order valence-electron chi connectivity index (χ4n) is 0.840. The van der Waals surface area contributed by atoms with E-state index in [1.54, 1.807) is 6.92 Å². The van der Waals surface area contributed by atoms with Crippen molar-refractivity contribution in [2.24, 2.45) is 0 Å². The van der Waals surface area contributed by atoms with E-state index in [2.05, 4.69) is 4.74 Å². The van der Waals surface area contributed by atoms with Crippen LogP contribution in [0.15, 0.2) is 11.8 Å². The van der Waals surface area contributed by atoms with E-state index in [-0.39, 0.29) is 30.9 Å². The minimum atomic E-state index is -0.757. The van der Waals surface area contributed by atoms with Crippen molar-refractivity contribution in [2.75, 3.05) is 6.61 Å². The molecule has 0 aliphatic rings. The number of Topliss-reactive ketones (excluding diaryl/α,β-unsaturated/α-hetero) is 1. The van der Waals surface area contributed by atoms with Crippen LogP contribution < -0.4 is 0 Å². The van der Waals surface area contributed by atoms with Crippen LogP contribution in [-0.4, -0.2) is 23.3 Å². The maximum Gasteiger partial charge on any atom is 0.337 e. The molecule has 0 amide bonds. The summed E-state index contributed by atoms with van der Waals surface area (Å²) in [5.74, 6) is -0.917. The first-order valence-corrected chi connectivity index (χ1v) is 4.48. The van der Waals surface area contributed by atoms with Crippen LogP contribution in [0.2, 0.25) is 0 Å². The lowest BCUT2D eigenvalue weighted by atomic mass is 10.2. The lowest BCUT2D eigenvalue weighted by Crippen LogP contribution is -2.07. The third-order valence-electron chi connectivity index (χ3n) is 1.54. The Labute approximate surface area is 87.1 Å². The standard InChI is InChI=1S/C9H13NO5/c1-3-15-9(12)6-8(10(13)14)5-4-7(2)11/h6H,3-5H2,1-2H3/b8-6-. The van der Waals surface area contributed by atoms with E-state index in [0.29, 0.717) is 0 Å². The molecule has 0 unspecified atom stereocenters. The summed E-state index contributed by atoms with van der Waals surface area (Å²) < 4.78 is 4.52. The molecular formula is C9H13NO5. The van der Waals surface area contributed by atoms with Crippen LogP contribution in [0, 0.1) is 10.1 Å². The second-order valence-electron chi connectivity index (χ2n) is 2.85. The Morgan fingerprint density at radius 2 is 2.00 bits per heavy atom. The smallest absolute Gasteiger partial charge is 0.337 e. The van der Waals surface area contributed by atoms with Crippen LogP contribution >= 0.6 is 0 Å².